The zero-order valence-electron chi connectivity index (χ0n) is 13.9. The first-order valence-electron chi connectivity index (χ1n) is 7.22. The summed E-state index contributed by atoms with van der Waals surface area (Å²) in [6, 6.07) is -0.734. The molecule has 1 saturated carbocycles. The molecule has 0 heterocycles. The summed E-state index contributed by atoms with van der Waals surface area (Å²) in [5, 5.41) is 0. The fourth-order valence-corrected chi connectivity index (χ4v) is 2.88. The predicted molar refractivity (Wildman–Crippen MR) is 78.4 cm³/mol. The number of ketones is 3. The number of hydrogen-bond acceptors (Lipinski definition) is 4. The van der Waals surface area contributed by atoms with Gasteiger partial charge in [-0.05, 0) is 47.6 Å². The Morgan fingerprint density at radius 1 is 0.900 bits per heavy atom. The Hall–Kier alpha value is -1.03. The van der Waals surface area contributed by atoms with E-state index in [-0.39, 0.29) is 23.4 Å². The zero-order chi connectivity index (χ0) is 16.0. The Balaban J connectivity index is 3.29. The zero-order valence-corrected chi connectivity index (χ0v) is 13.9. The third-order valence-electron chi connectivity index (χ3n) is 4.88. The van der Waals surface area contributed by atoms with Crippen molar-refractivity contribution in [3.8, 4) is 0 Å². The van der Waals surface area contributed by atoms with Gasteiger partial charge in [-0.1, -0.05) is 13.8 Å². The minimum atomic E-state index is -1.10. The predicted octanol–water partition coefficient (Wildman–Crippen LogP) is 2.10. The van der Waals surface area contributed by atoms with Gasteiger partial charge < -0.3 is 0 Å². The molecule has 0 saturated heterocycles. The standard InChI is InChI=1S/C16H27NO3/c1-9(2)10(3)17(8)11-12(18)15(4,5)14(20)16(6,7)13(11)19/h9-11H,1-8H3. The molecule has 0 N–H and O–H groups in total. The van der Waals surface area contributed by atoms with Gasteiger partial charge in [-0.25, -0.2) is 0 Å². The topological polar surface area (TPSA) is 54.5 Å². The Kier molecular flexibility index (Phi) is 4.31. The summed E-state index contributed by atoms with van der Waals surface area (Å²) < 4.78 is 0. The highest BCUT2D eigenvalue weighted by molar-refractivity contribution is 6.30. The van der Waals surface area contributed by atoms with Crippen molar-refractivity contribution < 1.29 is 14.4 Å². The van der Waals surface area contributed by atoms with E-state index in [0.717, 1.165) is 0 Å². The Bertz CT molecular complexity index is 419. The molecule has 0 aromatic rings. The molecule has 1 aliphatic carbocycles. The molecule has 0 aromatic carbocycles. The van der Waals surface area contributed by atoms with Crippen LogP contribution in [0, 0.1) is 16.7 Å². The van der Waals surface area contributed by atoms with Crippen LogP contribution in [-0.4, -0.2) is 41.4 Å². The van der Waals surface area contributed by atoms with Gasteiger partial charge in [-0.15, -0.1) is 0 Å². The normalized spacial score (nSPS) is 24.6. The smallest absolute Gasteiger partial charge is 0.170 e. The number of likely N-dealkylation sites (N-methyl/N-ethyl adjacent to an activating group) is 1. The molecule has 20 heavy (non-hydrogen) atoms. The summed E-state index contributed by atoms with van der Waals surface area (Å²) in [4.78, 5) is 39.5. The lowest BCUT2D eigenvalue weighted by Gasteiger charge is -2.45. The second-order valence-corrected chi connectivity index (χ2v) is 7.36. The van der Waals surface area contributed by atoms with E-state index in [1.807, 2.05) is 11.8 Å². The summed E-state index contributed by atoms with van der Waals surface area (Å²) in [6.07, 6.45) is 0. The molecule has 1 atom stereocenters. The molecular weight excluding hydrogens is 254 g/mol. The van der Waals surface area contributed by atoms with Crippen molar-refractivity contribution >= 4 is 17.3 Å². The molecule has 1 fully saturated rings. The number of hydrogen-bond donors (Lipinski definition) is 0. The highest BCUT2D eigenvalue weighted by atomic mass is 16.2. The number of carbonyl (C=O) groups excluding carboxylic acids is 3. The number of nitrogens with zero attached hydrogens (tertiary/aromatic N) is 1. The second kappa shape index (κ2) is 5.06. The van der Waals surface area contributed by atoms with E-state index >= 15 is 0 Å². The summed E-state index contributed by atoms with van der Waals surface area (Å²) in [6.45, 7) is 12.6. The lowest BCUT2D eigenvalue weighted by molar-refractivity contribution is -0.161. The summed E-state index contributed by atoms with van der Waals surface area (Å²) in [5.74, 6) is -0.505. The van der Waals surface area contributed by atoms with Gasteiger partial charge >= 0.3 is 0 Å². The van der Waals surface area contributed by atoms with Crippen LogP contribution < -0.4 is 0 Å². The van der Waals surface area contributed by atoms with Crippen LogP contribution in [0.1, 0.15) is 48.5 Å². The van der Waals surface area contributed by atoms with E-state index < -0.39 is 16.9 Å². The Labute approximate surface area is 121 Å². The number of Topliss-reactive ketones (excluding diaryl/α,β-unsaturated/α-hetero) is 3. The molecule has 1 unspecified atom stereocenters. The molecule has 0 radical (unpaired) electrons. The molecule has 0 amide bonds. The van der Waals surface area contributed by atoms with E-state index in [2.05, 4.69) is 13.8 Å². The van der Waals surface area contributed by atoms with Crippen LogP contribution in [0.15, 0.2) is 0 Å². The maximum absolute atomic E-state index is 12.6. The van der Waals surface area contributed by atoms with Crippen LogP contribution in [0.25, 0.3) is 0 Å². The first-order chi connectivity index (χ1) is 8.86. The van der Waals surface area contributed by atoms with Crippen molar-refractivity contribution in [2.24, 2.45) is 16.7 Å². The van der Waals surface area contributed by atoms with Gasteiger partial charge in [0, 0.05) is 6.04 Å². The summed E-state index contributed by atoms with van der Waals surface area (Å²) in [7, 11) is 1.80. The monoisotopic (exact) mass is 281 g/mol. The van der Waals surface area contributed by atoms with Gasteiger partial charge in [0.1, 0.15) is 6.04 Å². The first kappa shape index (κ1) is 17.0. The second-order valence-electron chi connectivity index (χ2n) is 7.36. The fourth-order valence-electron chi connectivity index (χ4n) is 2.88. The van der Waals surface area contributed by atoms with Crippen LogP contribution in [-0.2, 0) is 14.4 Å². The molecular formula is C16H27NO3. The first-order valence-corrected chi connectivity index (χ1v) is 7.22. The summed E-state index contributed by atoms with van der Waals surface area (Å²) in [5.41, 5.74) is -2.21. The molecule has 4 nitrogen and oxygen atoms in total. The highest BCUT2D eigenvalue weighted by Gasteiger charge is 2.59. The van der Waals surface area contributed by atoms with Gasteiger partial charge in [-0.2, -0.15) is 0 Å². The lowest BCUT2D eigenvalue weighted by Crippen LogP contribution is -2.65. The lowest BCUT2D eigenvalue weighted by atomic mass is 9.60. The Morgan fingerprint density at radius 2 is 1.25 bits per heavy atom. The van der Waals surface area contributed by atoms with E-state index in [1.54, 1.807) is 34.7 Å². The van der Waals surface area contributed by atoms with Crippen LogP contribution >= 0.6 is 0 Å². The van der Waals surface area contributed by atoms with E-state index in [4.69, 9.17) is 0 Å². The molecule has 1 aliphatic rings. The van der Waals surface area contributed by atoms with Gasteiger partial charge in [0.25, 0.3) is 0 Å². The maximum atomic E-state index is 12.6. The quantitative estimate of drug-likeness (QED) is 0.743. The fraction of sp³-hybridized carbons (Fsp3) is 0.812. The van der Waals surface area contributed by atoms with Gasteiger partial charge in [0.2, 0.25) is 0 Å². The van der Waals surface area contributed by atoms with Gasteiger partial charge in [-0.3, -0.25) is 19.3 Å². The van der Waals surface area contributed by atoms with Crippen LogP contribution in [0.2, 0.25) is 0 Å². The Morgan fingerprint density at radius 3 is 1.55 bits per heavy atom. The third-order valence-corrected chi connectivity index (χ3v) is 4.88. The molecule has 0 bridgehead atoms. The van der Waals surface area contributed by atoms with Crippen LogP contribution in [0.4, 0.5) is 0 Å². The van der Waals surface area contributed by atoms with Crippen molar-refractivity contribution in [1.29, 1.82) is 0 Å². The van der Waals surface area contributed by atoms with Gasteiger partial charge in [0.05, 0.1) is 10.8 Å². The molecule has 1 rings (SSSR count). The highest BCUT2D eigenvalue weighted by Crippen LogP contribution is 2.40. The molecule has 0 aliphatic heterocycles. The van der Waals surface area contributed by atoms with Gasteiger partial charge in [0.15, 0.2) is 17.3 Å². The van der Waals surface area contributed by atoms with Crippen molar-refractivity contribution in [1.82, 2.24) is 4.90 Å². The van der Waals surface area contributed by atoms with Crippen molar-refractivity contribution in [2.75, 3.05) is 7.05 Å². The number of carbonyl (C=O) groups is 3. The largest absolute Gasteiger partial charge is 0.297 e. The van der Waals surface area contributed by atoms with Crippen LogP contribution in [0.3, 0.4) is 0 Å². The molecule has 4 heteroatoms. The molecule has 0 spiro atoms. The minimum Gasteiger partial charge on any atom is -0.297 e. The van der Waals surface area contributed by atoms with Crippen LogP contribution in [0.5, 0.6) is 0 Å². The van der Waals surface area contributed by atoms with Crippen molar-refractivity contribution in [3.05, 3.63) is 0 Å². The molecule has 0 aromatic heterocycles. The SMILES string of the molecule is CC(C)C(C)N(C)C1C(=O)C(C)(C)C(=O)C(C)(C)C1=O. The average Bonchev–Trinajstić information content (AvgIpc) is 2.34. The summed E-state index contributed by atoms with van der Waals surface area (Å²) >= 11 is 0. The van der Waals surface area contributed by atoms with Crippen molar-refractivity contribution in [3.63, 3.8) is 0 Å². The minimum absolute atomic E-state index is 0.0905. The number of rotatable bonds is 3. The average molecular weight is 281 g/mol. The van der Waals surface area contributed by atoms with E-state index in [0.29, 0.717) is 5.92 Å². The van der Waals surface area contributed by atoms with E-state index in [9.17, 15) is 14.4 Å². The molecule has 114 valence electrons. The van der Waals surface area contributed by atoms with Crippen molar-refractivity contribution in [2.45, 2.75) is 60.5 Å². The maximum Gasteiger partial charge on any atom is 0.170 e. The third kappa shape index (κ3) is 2.34. The van der Waals surface area contributed by atoms with E-state index in [1.165, 1.54) is 0 Å².